The number of imidazole rings is 1. The molecule has 1 fully saturated rings. The summed E-state index contributed by atoms with van der Waals surface area (Å²) in [5.74, 6) is 2.00. The Morgan fingerprint density at radius 2 is 2.10 bits per heavy atom. The van der Waals surface area contributed by atoms with Gasteiger partial charge in [0.15, 0.2) is 0 Å². The van der Waals surface area contributed by atoms with Crippen molar-refractivity contribution in [2.75, 3.05) is 20.1 Å². The van der Waals surface area contributed by atoms with Gasteiger partial charge in [-0.15, -0.1) is 0 Å². The highest BCUT2D eigenvalue weighted by molar-refractivity contribution is 5.07. The summed E-state index contributed by atoms with van der Waals surface area (Å²) in [6.45, 7) is 3.54. The van der Waals surface area contributed by atoms with E-state index < -0.39 is 0 Å². The van der Waals surface area contributed by atoms with Gasteiger partial charge >= 0.3 is 0 Å². The third-order valence-electron chi connectivity index (χ3n) is 4.89. The molecule has 0 atom stereocenters. The van der Waals surface area contributed by atoms with Crippen molar-refractivity contribution in [1.29, 1.82) is 0 Å². The minimum atomic E-state index is 0.668. The van der Waals surface area contributed by atoms with Crippen molar-refractivity contribution >= 4 is 0 Å². The van der Waals surface area contributed by atoms with Crippen LogP contribution in [0.15, 0.2) is 24.0 Å². The zero-order chi connectivity index (χ0) is 13.8. The van der Waals surface area contributed by atoms with Crippen molar-refractivity contribution in [1.82, 2.24) is 14.5 Å². The van der Waals surface area contributed by atoms with E-state index in [0.717, 1.165) is 6.54 Å². The highest BCUT2D eigenvalue weighted by Crippen LogP contribution is 2.27. The molecule has 2 aliphatic rings. The zero-order valence-corrected chi connectivity index (χ0v) is 12.7. The van der Waals surface area contributed by atoms with E-state index in [9.17, 15) is 0 Å². The quantitative estimate of drug-likeness (QED) is 0.782. The van der Waals surface area contributed by atoms with Crippen molar-refractivity contribution in [3.8, 4) is 0 Å². The Labute approximate surface area is 122 Å². The fourth-order valence-electron chi connectivity index (χ4n) is 3.53. The molecule has 20 heavy (non-hydrogen) atoms. The minimum Gasteiger partial charge on any atom is -0.334 e. The van der Waals surface area contributed by atoms with E-state index in [2.05, 4.69) is 33.8 Å². The molecule has 1 aliphatic carbocycles. The predicted octanol–water partition coefficient (Wildman–Crippen LogP) is 3.58. The first-order chi connectivity index (χ1) is 9.83. The molecule has 2 heterocycles. The van der Waals surface area contributed by atoms with E-state index in [-0.39, 0.29) is 0 Å². The number of piperidine rings is 1. The molecular formula is C17H27N3. The lowest BCUT2D eigenvalue weighted by Crippen LogP contribution is -2.30. The Balaban J connectivity index is 1.60. The number of rotatable bonds is 4. The molecule has 0 amide bonds. The molecule has 3 rings (SSSR count). The van der Waals surface area contributed by atoms with Gasteiger partial charge in [-0.1, -0.05) is 11.6 Å². The molecule has 3 nitrogen and oxygen atoms in total. The van der Waals surface area contributed by atoms with E-state index in [1.807, 2.05) is 6.20 Å². The Hall–Kier alpha value is -1.09. The maximum Gasteiger partial charge on any atom is 0.111 e. The van der Waals surface area contributed by atoms with Crippen molar-refractivity contribution in [2.24, 2.45) is 0 Å². The molecule has 0 aromatic carbocycles. The molecule has 0 spiro atoms. The Morgan fingerprint density at radius 3 is 2.85 bits per heavy atom. The highest BCUT2D eigenvalue weighted by Gasteiger charge is 2.22. The molecule has 110 valence electrons. The summed E-state index contributed by atoms with van der Waals surface area (Å²) in [7, 11) is 2.22. The van der Waals surface area contributed by atoms with Gasteiger partial charge in [0.25, 0.3) is 0 Å². The van der Waals surface area contributed by atoms with E-state index in [1.54, 1.807) is 5.57 Å². The zero-order valence-electron chi connectivity index (χ0n) is 12.7. The lowest BCUT2D eigenvalue weighted by molar-refractivity contribution is 0.248. The summed E-state index contributed by atoms with van der Waals surface area (Å²) in [5, 5.41) is 0. The number of allylic oxidation sites excluding steroid dienone is 2. The molecule has 0 unspecified atom stereocenters. The monoisotopic (exact) mass is 273 g/mol. The molecule has 0 radical (unpaired) electrons. The molecule has 3 heteroatoms. The van der Waals surface area contributed by atoms with E-state index >= 15 is 0 Å². The molecular weight excluding hydrogens is 246 g/mol. The van der Waals surface area contributed by atoms with Gasteiger partial charge in [0.05, 0.1) is 0 Å². The van der Waals surface area contributed by atoms with Gasteiger partial charge < -0.3 is 9.47 Å². The van der Waals surface area contributed by atoms with Gasteiger partial charge in [-0.25, -0.2) is 4.98 Å². The fraction of sp³-hybridized carbons (Fsp3) is 0.706. The standard InChI is InChI=1S/C17H27N3/c1-19-11-8-16(9-12-19)17-18-10-14-20(17)13-7-15-5-3-2-4-6-15/h5,10,14,16H,2-4,6-9,11-13H2,1H3. The number of nitrogens with zero attached hydrogens (tertiary/aromatic N) is 3. The third-order valence-corrected chi connectivity index (χ3v) is 4.89. The normalized spacial score (nSPS) is 21.9. The average molecular weight is 273 g/mol. The van der Waals surface area contributed by atoms with Gasteiger partial charge in [0, 0.05) is 24.9 Å². The van der Waals surface area contributed by atoms with Crippen LogP contribution in [0.2, 0.25) is 0 Å². The lowest BCUT2D eigenvalue weighted by Gasteiger charge is -2.29. The van der Waals surface area contributed by atoms with Crippen molar-refractivity contribution in [2.45, 2.75) is 57.4 Å². The second-order valence-electron chi connectivity index (χ2n) is 6.41. The summed E-state index contributed by atoms with van der Waals surface area (Å²) in [6.07, 6.45) is 15.8. The number of aryl methyl sites for hydroxylation is 1. The predicted molar refractivity (Wildman–Crippen MR) is 82.9 cm³/mol. The van der Waals surface area contributed by atoms with Crippen molar-refractivity contribution in [3.05, 3.63) is 29.9 Å². The largest absolute Gasteiger partial charge is 0.334 e. The van der Waals surface area contributed by atoms with Crippen LogP contribution in [0, 0.1) is 0 Å². The molecule has 1 aliphatic heterocycles. The Kier molecular flexibility index (Phi) is 4.56. The smallest absolute Gasteiger partial charge is 0.111 e. The topological polar surface area (TPSA) is 21.1 Å². The first-order valence-electron chi connectivity index (χ1n) is 8.20. The maximum atomic E-state index is 4.65. The first kappa shape index (κ1) is 13.9. The van der Waals surface area contributed by atoms with Gasteiger partial charge in [-0.2, -0.15) is 0 Å². The third kappa shape index (κ3) is 3.32. The van der Waals surface area contributed by atoms with Crippen LogP contribution in [0.1, 0.15) is 56.7 Å². The number of aromatic nitrogens is 2. The molecule has 1 aromatic rings. The van der Waals surface area contributed by atoms with Crippen LogP contribution < -0.4 is 0 Å². The van der Waals surface area contributed by atoms with Crippen molar-refractivity contribution in [3.63, 3.8) is 0 Å². The number of hydrogen-bond donors (Lipinski definition) is 0. The number of hydrogen-bond acceptors (Lipinski definition) is 2. The Morgan fingerprint density at radius 1 is 1.25 bits per heavy atom. The minimum absolute atomic E-state index is 0.668. The van der Waals surface area contributed by atoms with Crippen LogP contribution in [0.3, 0.4) is 0 Å². The first-order valence-corrected chi connectivity index (χ1v) is 8.20. The summed E-state index contributed by atoms with van der Waals surface area (Å²) in [5.41, 5.74) is 1.67. The maximum absolute atomic E-state index is 4.65. The van der Waals surface area contributed by atoms with Gasteiger partial charge in [0.2, 0.25) is 0 Å². The summed E-state index contributed by atoms with van der Waals surface area (Å²) in [6, 6.07) is 0. The van der Waals surface area contributed by atoms with E-state index in [1.165, 1.54) is 63.9 Å². The SMILES string of the molecule is CN1CCC(c2nccn2CCC2=CCCCC2)CC1. The highest BCUT2D eigenvalue weighted by atomic mass is 15.1. The second-order valence-corrected chi connectivity index (χ2v) is 6.41. The number of likely N-dealkylation sites (tertiary alicyclic amines) is 1. The molecule has 0 N–H and O–H groups in total. The Bertz CT molecular complexity index is 453. The van der Waals surface area contributed by atoms with E-state index in [0.29, 0.717) is 5.92 Å². The summed E-state index contributed by atoms with van der Waals surface area (Å²) in [4.78, 5) is 7.08. The van der Waals surface area contributed by atoms with Crippen molar-refractivity contribution < 1.29 is 0 Å². The van der Waals surface area contributed by atoms with Crippen LogP contribution in [0.4, 0.5) is 0 Å². The van der Waals surface area contributed by atoms with Crippen LogP contribution in [-0.4, -0.2) is 34.6 Å². The average Bonchev–Trinajstić information content (AvgIpc) is 2.95. The fourth-order valence-corrected chi connectivity index (χ4v) is 3.53. The summed E-state index contributed by atoms with van der Waals surface area (Å²) >= 11 is 0. The molecule has 0 bridgehead atoms. The second kappa shape index (κ2) is 6.57. The summed E-state index contributed by atoms with van der Waals surface area (Å²) < 4.78 is 2.41. The molecule has 1 saturated heterocycles. The van der Waals surface area contributed by atoms with E-state index in [4.69, 9.17) is 0 Å². The lowest BCUT2D eigenvalue weighted by atomic mass is 9.95. The van der Waals surface area contributed by atoms with Crippen LogP contribution >= 0.6 is 0 Å². The van der Waals surface area contributed by atoms with Crippen LogP contribution in [0.25, 0.3) is 0 Å². The molecule has 0 saturated carbocycles. The van der Waals surface area contributed by atoms with Gasteiger partial charge in [-0.3, -0.25) is 0 Å². The van der Waals surface area contributed by atoms with Crippen LogP contribution in [0.5, 0.6) is 0 Å². The van der Waals surface area contributed by atoms with Crippen LogP contribution in [-0.2, 0) is 6.54 Å². The van der Waals surface area contributed by atoms with Gasteiger partial charge in [-0.05, 0) is 65.1 Å². The molecule has 1 aromatic heterocycles. The van der Waals surface area contributed by atoms with Gasteiger partial charge in [0.1, 0.15) is 5.82 Å².